The second-order valence-electron chi connectivity index (χ2n) is 4.94. The number of nitrogens with zero attached hydrogens (tertiary/aromatic N) is 3. The van der Waals surface area contributed by atoms with E-state index in [4.69, 9.17) is 10.5 Å². The Morgan fingerprint density at radius 1 is 1.26 bits per heavy atom. The molecule has 1 unspecified atom stereocenters. The zero-order valence-electron chi connectivity index (χ0n) is 12.1. The summed E-state index contributed by atoms with van der Waals surface area (Å²) in [5.41, 5.74) is 6.26. The topological polar surface area (TPSA) is 112 Å². The van der Waals surface area contributed by atoms with Gasteiger partial charge in [0.2, 0.25) is 6.10 Å². The van der Waals surface area contributed by atoms with Gasteiger partial charge in [-0.2, -0.15) is 0 Å². The smallest absolute Gasteiger partial charge is 0.366 e. The van der Waals surface area contributed by atoms with Crippen LogP contribution in [-0.2, 0) is 4.79 Å². The lowest BCUT2D eigenvalue weighted by Crippen LogP contribution is -2.44. The number of aromatic nitrogens is 1. The number of rotatable bonds is 4. The molecule has 0 saturated carbocycles. The maximum Gasteiger partial charge on any atom is 0.366 e. The minimum absolute atomic E-state index is 0.127. The normalized spacial score (nSPS) is 16.7. The molecule has 1 aromatic heterocycles. The molecule has 1 amide bonds. The first kappa shape index (κ1) is 14.9. The Bertz CT molecular complexity index is 750. The molecule has 3 rings (SSSR count). The van der Waals surface area contributed by atoms with E-state index in [0.29, 0.717) is 11.3 Å². The molecule has 1 atom stereocenters. The third-order valence-corrected chi connectivity index (χ3v) is 3.46. The Morgan fingerprint density at radius 2 is 2.00 bits per heavy atom. The lowest BCUT2D eigenvalue weighted by atomic mass is 10.1. The summed E-state index contributed by atoms with van der Waals surface area (Å²) >= 11 is 0. The average molecular weight is 314 g/mol. The van der Waals surface area contributed by atoms with E-state index in [1.807, 2.05) is 18.2 Å². The Labute approximate surface area is 131 Å². The highest BCUT2D eigenvalue weighted by Gasteiger charge is 2.39. The minimum Gasteiger partial charge on any atom is -0.469 e. The van der Waals surface area contributed by atoms with Crippen molar-refractivity contribution < 1.29 is 14.5 Å². The lowest BCUT2D eigenvalue weighted by molar-refractivity contribution is -0.389. The van der Waals surface area contributed by atoms with Gasteiger partial charge in [0.1, 0.15) is 0 Å². The second kappa shape index (κ2) is 6.01. The maximum absolute atomic E-state index is 12.7. The molecule has 2 heterocycles. The van der Waals surface area contributed by atoms with Gasteiger partial charge in [0.25, 0.3) is 11.7 Å². The number of hydrogen-bond acceptors (Lipinski definition) is 6. The minimum atomic E-state index is -0.821. The number of nitrogens with two attached hydrogens (primary N) is 1. The van der Waals surface area contributed by atoms with Gasteiger partial charge in [-0.3, -0.25) is 9.69 Å². The van der Waals surface area contributed by atoms with Gasteiger partial charge in [0, 0.05) is 24.7 Å². The fraction of sp³-hybridized carbons (Fsp3) is 0.200. The van der Waals surface area contributed by atoms with Crippen molar-refractivity contribution in [1.29, 1.82) is 0 Å². The molecule has 8 heteroatoms. The van der Waals surface area contributed by atoms with Crippen LogP contribution < -0.4 is 15.4 Å². The molecule has 0 spiro atoms. The van der Waals surface area contributed by atoms with Crippen molar-refractivity contribution in [2.24, 2.45) is 5.73 Å². The van der Waals surface area contributed by atoms with Gasteiger partial charge < -0.3 is 20.6 Å². The van der Waals surface area contributed by atoms with E-state index >= 15 is 0 Å². The summed E-state index contributed by atoms with van der Waals surface area (Å²) in [5.74, 6) is -0.248. The third kappa shape index (κ3) is 2.71. The summed E-state index contributed by atoms with van der Waals surface area (Å²) in [6.07, 6.45) is -0.821. The monoisotopic (exact) mass is 314 g/mol. The van der Waals surface area contributed by atoms with Gasteiger partial charge >= 0.3 is 5.82 Å². The molecule has 1 aromatic carbocycles. The molecule has 2 aromatic rings. The van der Waals surface area contributed by atoms with Crippen LogP contribution in [0.3, 0.4) is 0 Å². The average Bonchev–Trinajstić information content (AvgIpc) is 2.57. The number of ether oxygens (including phenoxy) is 1. The van der Waals surface area contributed by atoms with Gasteiger partial charge in [-0.25, -0.2) is 0 Å². The highest BCUT2D eigenvalue weighted by molar-refractivity contribution is 5.99. The van der Waals surface area contributed by atoms with Crippen LogP contribution in [0.2, 0.25) is 0 Å². The Hall–Kier alpha value is -3.00. The molecule has 118 valence electrons. The molecule has 0 aliphatic carbocycles. The Kier molecular flexibility index (Phi) is 3.90. The quantitative estimate of drug-likeness (QED) is 0.674. The van der Waals surface area contributed by atoms with Crippen LogP contribution in [0.25, 0.3) is 0 Å². The third-order valence-electron chi connectivity index (χ3n) is 3.46. The van der Waals surface area contributed by atoms with Gasteiger partial charge in [-0.05, 0) is 16.0 Å². The number of carbonyl (C=O) groups excluding carboxylic acids is 1. The molecule has 0 radical (unpaired) electrons. The second-order valence-corrected chi connectivity index (χ2v) is 4.94. The number of fused-ring (bicyclic) bond motifs is 1. The van der Waals surface area contributed by atoms with Gasteiger partial charge in [-0.1, -0.05) is 30.3 Å². The van der Waals surface area contributed by atoms with Crippen molar-refractivity contribution >= 4 is 17.5 Å². The van der Waals surface area contributed by atoms with Gasteiger partial charge in [-0.15, -0.1) is 0 Å². The van der Waals surface area contributed by atoms with Crippen molar-refractivity contribution in [3.05, 3.63) is 58.1 Å². The van der Waals surface area contributed by atoms with Crippen LogP contribution in [0.5, 0.6) is 5.75 Å². The van der Waals surface area contributed by atoms with E-state index in [2.05, 4.69) is 4.98 Å². The fourth-order valence-corrected chi connectivity index (χ4v) is 2.42. The number of anilines is 1. The molecule has 0 saturated heterocycles. The SMILES string of the molecule is NCCN1C(=O)C(c2ccccc2)Oc2ccc([N+](=O)[O-])nc21. The van der Waals surface area contributed by atoms with E-state index in [9.17, 15) is 14.9 Å². The van der Waals surface area contributed by atoms with Crippen LogP contribution in [0.1, 0.15) is 11.7 Å². The number of pyridine rings is 1. The number of nitro groups is 1. The van der Waals surface area contributed by atoms with E-state index in [-0.39, 0.29) is 30.6 Å². The van der Waals surface area contributed by atoms with Gasteiger partial charge in [0.05, 0.1) is 0 Å². The highest BCUT2D eigenvalue weighted by atomic mass is 16.6. The molecular weight excluding hydrogens is 300 g/mol. The molecular formula is C15H14N4O4. The molecule has 1 aliphatic rings. The van der Waals surface area contributed by atoms with Crippen molar-refractivity contribution in [3.8, 4) is 5.75 Å². The Morgan fingerprint density at radius 3 is 2.65 bits per heavy atom. The number of carbonyl (C=O) groups is 1. The summed E-state index contributed by atoms with van der Waals surface area (Å²) in [6, 6.07) is 11.7. The van der Waals surface area contributed by atoms with E-state index < -0.39 is 11.0 Å². The molecule has 1 aliphatic heterocycles. The first-order valence-electron chi connectivity index (χ1n) is 7.00. The molecule has 23 heavy (non-hydrogen) atoms. The van der Waals surface area contributed by atoms with Crippen LogP contribution in [0, 0.1) is 10.1 Å². The number of hydrogen-bond donors (Lipinski definition) is 1. The first-order valence-corrected chi connectivity index (χ1v) is 7.00. The Balaban J connectivity index is 2.06. The summed E-state index contributed by atoms with van der Waals surface area (Å²) in [4.78, 5) is 28.2. The van der Waals surface area contributed by atoms with E-state index in [0.717, 1.165) is 0 Å². The molecule has 0 bridgehead atoms. The molecule has 2 N–H and O–H groups in total. The predicted molar refractivity (Wildman–Crippen MR) is 82.1 cm³/mol. The predicted octanol–water partition coefficient (Wildman–Crippen LogP) is 1.42. The van der Waals surface area contributed by atoms with Gasteiger partial charge in [0.15, 0.2) is 5.75 Å². The summed E-state index contributed by atoms with van der Waals surface area (Å²) in [6.45, 7) is 0.407. The van der Waals surface area contributed by atoms with Crippen LogP contribution in [0.15, 0.2) is 42.5 Å². The van der Waals surface area contributed by atoms with Crippen molar-refractivity contribution in [1.82, 2.24) is 4.98 Å². The van der Waals surface area contributed by atoms with Crippen LogP contribution in [0.4, 0.5) is 11.6 Å². The lowest BCUT2D eigenvalue weighted by Gasteiger charge is -2.31. The standard InChI is InChI=1S/C15H14N4O4/c16-8-9-18-14-11(6-7-12(17-14)19(21)22)23-13(15(18)20)10-4-2-1-3-5-10/h1-7,13H,8-9,16H2. The van der Waals surface area contributed by atoms with E-state index in [1.54, 1.807) is 12.1 Å². The zero-order valence-corrected chi connectivity index (χ0v) is 12.1. The zero-order chi connectivity index (χ0) is 16.4. The largest absolute Gasteiger partial charge is 0.469 e. The van der Waals surface area contributed by atoms with Crippen LogP contribution >= 0.6 is 0 Å². The van der Waals surface area contributed by atoms with Crippen LogP contribution in [-0.4, -0.2) is 28.9 Å². The number of amides is 1. The van der Waals surface area contributed by atoms with Crippen molar-refractivity contribution in [2.45, 2.75) is 6.10 Å². The first-order chi connectivity index (χ1) is 11.1. The van der Waals surface area contributed by atoms with Crippen molar-refractivity contribution in [2.75, 3.05) is 18.0 Å². The summed E-state index contributed by atoms with van der Waals surface area (Å²) < 4.78 is 5.72. The molecule has 0 fully saturated rings. The molecule has 8 nitrogen and oxygen atoms in total. The maximum atomic E-state index is 12.7. The summed E-state index contributed by atoms with van der Waals surface area (Å²) in [7, 11) is 0. The van der Waals surface area contributed by atoms with Crippen molar-refractivity contribution in [3.63, 3.8) is 0 Å². The van der Waals surface area contributed by atoms with E-state index in [1.165, 1.54) is 17.0 Å². The number of benzene rings is 1. The summed E-state index contributed by atoms with van der Waals surface area (Å²) in [5, 5.41) is 10.9. The highest BCUT2D eigenvalue weighted by Crippen LogP contribution is 2.38. The fourth-order valence-electron chi connectivity index (χ4n) is 2.42.